The highest BCUT2D eigenvalue weighted by Crippen LogP contribution is 2.19. The smallest absolute Gasteiger partial charge is 0.412 e. The van der Waals surface area contributed by atoms with E-state index in [4.69, 9.17) is 4.42 Å². The molecule has 0 spiro atoms. The highest BCUT2D eigenvalue weighted by Gasteiger charge is 2.24. The first-order valence-electron chi connectivity index (χ1n) is 6.85. The summed E-state index contributed by atoms with van der Waals surface area (Å²) in [5.41, 5.74) is 2.22. The average Bonchev–Trinajstić information content (AvgIpc) is 2.49. The van der Waals surface area contributed by atoms with Gasteiger partial charge in [0.05, 0.1) is 6.92 Å². The number of benzene rings is 2. The zero-order chi connectivity index (χ0) is 14.8. The molecule has 3 heteroatoms. The molecule has 104 valence electrons. The molecule has 1 heterocycles. The third kappa shape index (κ3) is 2.38. The highest BCUT2D eigenvalue weighted by molar-refractivity contribution is 5.63. The van der Waals surface area contributed by atoms with Gasteiger partial charge in [0.1, 0.15) is 11.3 Å². The summed E-state index contributed by atoms with van der Waals surface area (Å²) in [6, 6.07) is 19.1. The minimum Gasteiger partial charge on any atom is -0.412 e. The van der Waals surface area contributed by atoms with Gasteiger partial charge in [-0.25, -0.2) is 4.79 Å². The van der Waals surface area contributed by atoms with Crippen molar-refractivity contribution in [3.05, 3.63) is 82.7 Å². The van der Waals surface area contributed by atoms with Crippen LogP contribution in [0.25, 0.3) is 16.8 Å². The predicted octanol–water partition coefficient (Wildman–Crippen LogP) is 3.20. The molecule has 0 aliphatic carbocycles. The Morgan fingerprint density at radius 1 is 0.857 bits per heavy atom. The largest absolute Gasteiger partial charge is 0.432 e. The van der Waals surface area contributed by atoms with Crippen molar-refractivity contribution in [3.63, 3.8) is 0 Å². The SMILES string of the molecule is Cc1oc(C)[n+](-c2ccccc2)c(=O)c1-c1ccccc1. The molecule has 0 aliphatic heterocycles. The zero-order valence-corrected chi connectivity index (χ0v) is 12.0. The number of nitrogens with zero attached hydrogens (tertiary/aromatic N) is 1. The lowest BCUT2D eigenvalue weighted by Crippen LogP contribution is -2.50. The van der Waals surface area contributed by atoms with Gasteiger partial charge in [0.2, 0.25) is 5.69 Å². The van der Waals surface area contributed by atoms with Crippen LogP contribution < -0.4 is 10.1 Å². The first kappa shape index (κ1) is 13.3. The van der Waals surface area contributed by atoms with Crippen molar-refractivity contribution >= 4 is 0 Å². The molecule has 0 radical (unpaired) electrons. The second-order valence-corrected chi connectivity index (χ2v) is 4.89. The molecule has 0 unspecified atom stereocenters. The topological polar surface area (TPSA) is 34.1 Å². The fourth-order valence-corrected chi connectivity index (χ4v) is 2.53. The Hall–Kier alpha value is -2.68. The first-order chi connectivity index (χ1) is 10.2. The maximum absolute atomic E-state index is 12.9. The van der Waals surface area contributed by atoms with E-state index in [1.165, 1.54) is 0 Å². The van der Waals surface area contributed by atoms with Crippen molar-refractivity contribution in [2.75, 3.05) is 0 Å². The molecule has 0 aliphatic rings. The van der Waals surface area contributed by atoms with Crippen LogP contribution in [0.15, 0.2) is 69.9 Å². The van der Waals surface area contributed by atoms with Crippen molar-refractivity contribution in [3.8, 4) is 16.8 Å². The second kappa shape index (κ2) is 5.37. The number of aromatic nitrogens is 1. The fourth-order valence-electron chi connectivity index (χ4n) is 2.53. The van der Waals surface area contributed by atoms with E-state index in [2.05, 4.69) is 0 Å². The van der Waals surface area contributed by atoms with Crippen LogP contribution in [0, 0.1) is 13.8 Å². The summed E-state index contributed by atoms with van der Waals surface area (Å²) in [6.07, 6.45) is 0. The van der Waals surface area contributed by atoms with E-state index in [0.717, 1.165) is 11.3 Å². The Morgan fingerprint density at radius 3 is 2.05 bits per heavy atom. The van der Waals surface area contributed by atoms with E-state index < -0.39 is 0 Å². The van der Waals surface area contributed by atoms with Crippen molar-refractivity contribution in [2.24, 2.45) is 0 Å². The lowest BCUT2D eigenvalue weighted by atomic mass is 10.1. The van der Waals surface area contributed by atoms with Crippen LogP contribution in [-0.2, 0) is 0 Å². The van der Waals surface area contributed by atoms with E-state index in [0.29, 0.717) is 17.2 Å². The molecule has 2 aromatic carbocycles. The van der Waals surface area contributed by atoms with Gasteiger partial charge in [0.25, 0.3) is 0 Å². The van der Waals surface area contributed by atoms with Crippen LogP contribution in [0.4, 0.5) is 0 Å². The third-order valence-electron chi connectivity index (χ3n) is 3.46. The van der Waals surface area contributed by atoms with Crippen molar-refractivity contribution in [1.29, 1.82) is 0 Å². The van der Waals surface area contributed by atoms with E-state index >= 15 is 0 Å². The van der Waals surface area contributed by atoms with E-state index in [1.807, 2.05) is 67.6 Å². The molecule has 0 bridgehead atoms. The summed E-state index contributed by atoms with van der Waals surface area (Å²) >= 11 is 0. The summed E-state index contributed by atoms with van der Waals surface area (Å²) in [6.45, 7) is 3.63. The summed E-state index contributed by atoms with van der Waals surface area (Å²) in [4.78, 5) is 12.9. The van der Waals surface area contributed by atoms with Crippen LogP contribution >= 0.6 is 0 Å². The van der Waals surface area contributed by atoms with Gasteiger partial charge in [0.15, 0.2) is 0 Å². The van der Waals surface area contributed by atoms with Gasteiger partial charge in [-0.1, -0.05) is 53.1 Å². The third-order valence-corrected chi connectivity index (χ3v) is 3.46. The number of aryl methyl sites for hydroxylation is 2. The molecule has 3 aromatic rings. The van der Waals surface area contributed by atoms with Gasteiger partial charge >= 0.3 is 11.4 Å². The molecule has 0 amide bonds. The second-order valence-electron chi connectivity index (χ2n) is 4.89. The number of hydrogen-bond donors (Lipinski definition) is 0. The zero-order valence-electron chi connectivity index (χ0n) is 12.0. The van der Waals surface area contributed by atoms with Crippen molar-refractivity contribution in [1.82, 2.24) is 0 Å². The summed E-state index contributed by atoms with van der Waals surface area (Å²) < 4.78 is 7.40. The van der Waals surface area contributed by atoms with Crippen LogP contribution in [0.5, 0.6) is 0 Å². The van der Waals surface area contributed by atoms with Gasteiger partial charge in [-0.15, -0.1) is 0 Å². The quantitative estimate of drug-likeness (QED) is 0.675. The van der Waals surface area contributed by atoms with Crippen molar-refractivity contribution in [2.45, 2.75) is 13.8 Å². The molecule has 0 atom stereocenters. The lowest BCUT2D eigenvalue weighted by Gasteiger charge is -2.05. The summed E-state index contributed by atoms with van der Waals surface area (Å²) in [5, 5.41) is 0. The maximum atomic E-state index is 12.9. The Balaban J connectivity index is 2.32. The number of para-hydroxylation sites is 1. The summed E-state index contributed by atoms with van der Waals surface area (Å²) in [5.74, 6) is 1.21. The van der Waals surface area contributed by atoms with E-state index in [-0.39, 0.29) is 5.56 Å². The molecule has 0 N–H and O–H groups in total. The monoisotopic (exact) mass is 278 g/mol. The Bertz CT molecular complexity index is 754. The van der Waals surface area contributed by atoms with Crippen molar-refractivity contribution < 1.29 is 8.98 Å². The molecule has 0 fully saturated rings. The molecule has 0 saturated carbocycles. The molecule has 1 aromatic heterocycles. The molecule has 3 rings (SSSR count). The number of hydrogen-bond acceptors (Lipinski definition) is 2. The standard InChI is InChI=1S/C18H16NO2/c1-13-17(15-9-5-3-6-10-15)18(20)19(14(2)21-13)16-11-7-4-8-12-16/h3-12H,1-2H3/q+1. The molecular formula is C18H16NO2+. The van der Waals surface area contributed by atoms with Gasteiger partial charge in [-0.3, -0.25) is 0 Å². The molecular weight excluding hydrogens is 262 g/mol. The van der Waals surface area contributed by atoms with Crippen LogP contribution in [0.3, 0.4) is 0 Å². The normalized spacial score (nSPS) is 10.6. The van der Waals surface area contributed by atoms with Gasteiger partial charge in [-0.2, -0.15) is 0 Å². The van der Waals surface area contributed by atoms with E-state index in [9.17, 15) is 4.79 Å². The maximum Gasteiger partial charge on any atom is 0.432 e. The Kier molecular flexibility index (Phi) is 3.40. The number of rotatable bonds is 2. The Labute approximate surface area is 123 Å². The molecule has 21 heavy (non-hydrogen) atoms. The van der Waals surface area contributed by atoms with E-state index in [1.54, 1.807) is 11.5 Å². The average molecular weight is 278 g/mol. The van der Waals surface area contributed by atoms with Gasteiger partial charge < -0.3 is 4.42 Å². The van der Waals surface area contributed by atoms with Crippen LogP contribution in [-0.4, -0.2) is 0 Å². The molecule has 3 nitrogen and oxygen atoms in total. The molecule has 0 saturated heterocycles. The first-order valence-corrected chi connectivity index (χ1v) is 6.85. The lowest BCUT2D eigenvalue weighted by molar-refractivity contribution is -0.630. The predicted molar refractivity (Wildman–Crippen MR) is 81.4 cm³/mol. The minimum absolute atomic E-state index is 0.0614. The summed E-state index contributed by atoms with van der Waals surface area (Å²) in [7, 11) is 0. The fraction of sp³-hybridized carbons (Fsp3) is 0.111. The highest BCUT2D eigenvalue weighted by atomic mass is 16.3. The van der Waals surface area contributed by atoms with Gasteiger partial charge in [0, 0.05) is 12.1 Å². The van der Waals surface area contributed by atoms with Gasteiger partial charge in [-0.05, 0) is 12.5 Å². The van der Waals surface area contributed by atoms with Crippen LogP contribution in [0.2, 0.25) is 0 Å². The minimum atomic E-state index is -0.0614. The van der Waals surface area contributed by atoms with Crippen LogP contribution in [0.1, 0.15) is 11.7 Å². The Morgan fingerprint density at radius 2 is 1.43 bits per heavy atom.